The molecule has 1 heterocycles. The lowest BCUT2D eigenvalue weighted by molar-refractivity contribution is 0.251. The Balaban J connectivity index is 1.54. The van der Waals surface area contributed by atoms with E-state index in [-0.39, 0.29) is 11.6 Å². The highest BCUT2D eigenvalue weighted by molar-refractivity contribution is 5.91. The molecule has 0 aliphatic heterocycles. The van der Waals surface area contributed by atoms with E-state index in [2.05, 4.69) is 15.7 Å². The average Bonchev–Trinajstić information content (AvgIpc) is 2.73. The predicted octanol–water partition coefficient (Wildman–Crippen LogP) is 3.44. The van der Waals surface area contributed by atoms with Crippen molar-refractivity contribution in [3.63, 3.8) is 0 Å². The Labute approximate surface area is 169 Å². The van der Waals surface area contributed by atoms with E-state index in [1.54, 1.807) is 13.2 Å². The van der Waals surface area contributed by atoms with Crippen molar-refractivity contribution in [2.75, 3.05) is 19.0 Å². The number of ether oxygens (including phenoxy) is 1. The molecule has 3 rings (SSSR count). The lowest BCUT2D eigenvalue weighted by atomic mass is 10.1. The third-order valence-corrected chi connectivity index (χ3v) is 4.37. The van der Waals surface area contributed by atoms with Crippen LogP contribution in [0.15, 0.2) is 65.5 Å². The maximum atomic E-state index is 12.1. The fraction of sp³-hybridized carbons (Fsp3) is 0.227. The second-order valence-electron chi connectivity index (χ2n) is 6.58. The van der Waals surface area contributed by atoms with E-state index in [1.165, 1.54) is 10.7 Å². The van der Waals surface area contributed by atoms with Gasteiger partial charge in [-0.25, -0.2) is 9.48 Å². The molecule has 2 amide bonds. The van der Waals surface area contributed by atoms with Crippen LogP contribution in [0, 0.1) is 6.92 Å². The van der Waals surface area contributed by atoms with Crippen molar-refractivity contribution in [1.82, 2.24) is 15.1 Å². The van der Waals surface area contributed by atoms with E-state index >= 15 is 0 Å². The Morgan fingerprint density at radius 1 is 1.10 bits per heavy atom. The Morgan fingerprint density at radius 2 is 1.90 bits per heavy atom. The maximum absolute atomic E-state index is 12.1. The lowest BCUT2D eigenvalue weighted by Crippen LogP contribution is -2.31. The number of carbonyl (C=O) groups is 1. The van der Waals surface area contributed by atoms with E-state index < -0.39 is 0 Å². The minimum Gasteiger partial charge on any atom is -0.495 e. The Morgan fingerprint density at radius 3 is 2.66 bits per heavy atom. The Bertz CT molecular complexity index is 1030. The first-order valence-electron chi connectivity index (χ1n) is 9.40. The molecule has 2 N–H and O–H groups in total. The molecule has 3 aromatic rings. The molecular formula is C22H24N4O3. The van der Waals surface area contributed by atoms with Gasteiger partial charge in [-0.1, -0.05) is 36.4 Å². The van der Waals surface area contributed by atoms with Crippen molar-refractivity contribution >= 4 is 11.7 Å². The molecule has 0 radical (unpaired) electrons. The zero-order chi connectivity index (χ0) is 20.6. The molecule has 7 nitrogen and oxygen atoms in total. The van der Waals surface area contributed by atoms with Crippen LogP contribution in [-0.2, 0) is 6.54 Å². The molecule has 2 aromatic carbocycles. The van der Waals surface area contributed by atoms with E-state index in [9.17, 15) is 9.59 Å². The first kappa shape index (κ1) is 20.1. The molecule has 0 aliphatic rings. The van der Waals surface area contributed by atoms with Crippen LogP contribution < -0.4 is 20.9 Å². The molecule has 150 valence electrons. The molecule has 0 saturated carbocycles. The van der Waals surface area contributed by atoms with Gasteiger partial charge in [0.15, 0.2) is 0 Å². The molecule has 0 atom stereocenters. The van der Waals surface area contributed by atoms with Gasteiger partial charge < -0.3 is 15.4 Å². The van der Waals surface area contributed by atoms with Crippen molar-refractivity contribution in [3.8, 4) is 17.0 Å². The van der Waals surface area contributed by atoms with Crippen molar-refractivity contribution < 1.29 is 9.53 Å². The van der Waals surface area contributed by atoms with Gasteiger partial charge in [0.2, 0.25) is 0 Å². The van der Waals surface area contributed by atoms with Crippen LogP contribution in [0.2, 0.25) is 0 Å². The number of hydrogen-bond donors (Lipinski definition) is 2. The summed E-state index contributed by atoms with van der Waals surface area (Å²) in [5.74, 6) is 0.597. The second kappa shape index (κ2) is 9.54. The number of nitrogens with zero attached hydrogens (tertiary/aromatic N) is 2. The van der Waals surface area contributed by atoms with Crippen LogP contribution in [-0.4, -0.2) is 29.5 Å². The predicted molar refractivity (Wildman–Crippen MR) is 113 cm³/mol. The summed E-state index contributed by atoms with van der Waals surface area (Å²) in [6, 6.07) is 18.2. The Hall–Kier alpha value is -3.61. The van der Waals surface area contributed by atoms with Crippen LogP contribution in [0.5, 0.6) is 5.75 Å². The third kappa shape index (κ3) is 5.44. The standard InChI is InChI=1S/C22H24N4O3/c1-16-9-11-20(29-2)19(15-16)24-22(28)23-13-6-14-26-21(27)12-10-18(25-26)17-7-4-3-5-8-17/h3-5,7-12,15H,6,13-14H2,1-2H3,(H2,23,24,28). The molecule has 0 aliphatic carbocycles. The van der Waals surface area contributed by atoms with E-state index in [4.69, 9.17) is 4.74 Å². The van der Waals surface area contributed by atoms with Gasteiger partial charge >= 0.3 is 6.03 Å². The minimum atomic E-state index is -0.327. The quantitative estimate of drug-likeness (QED) is 0.603. The van der Waals surface area contributed by atoms with Gasteiger partial charge in [-0.3, -0.25) is 4.79 Å². The van der Waals surface area contributed by atoms with Gasteiger partial charge in [-0.2, -0.15) is 5.10 Å². The summed E-state index contributed by atoms with van der Waals surface area (Å²) in [6.07, 6.45) is 0.573. The van der Waals surface area contributed by atoms with E-state index in [1.807, 2.05) is 55.5 Å². The van der Waals surface area contributed by atoms with E-state index in [0.29, 0.717) is 30.9 Å². The van der Waals surface area contributed by atoms with Crippen molar-refractivity contribution in [3.05, 3.63) is 76.6 Å². The number of amides is 2. The van der Waals surface area contributed by atoms with E-state index in [0.717, 1.165) is 16.8 Å². The number of rotatable bonds is 7. The monoisotopic (exact) mass is 392 g/mol. The van der Waals surface area contributed by atoms with Crippen LogP contribution in [0.25, 0.3) is 11.3 Å². The Kier molecular flexibility index (Phi) is 6.63. The summed E-state index contributed by atoms with van der Waals surface area (Å²) in [5.41, 5.74) is 3.15. The van der Waals surface area contributed by atoms with Crippen molar-refractivity contribution in [1.29, 1.82) is 0 Å². The molecular weight excluding hydrogens is 368 g/mol. The summed E-state index contributed by atoms with van der Waals surface area (Å²) in [7, 11) is 1.56. The fourth-order valence-corrected chi connectivity index (χ4v) is 2.89. The van der Waals surface area contributed by atoms with Crippen LogP contribution in [0.4, 0.5) is 10.5 Å². The number of carbonyl (C=O) groups excluding carboxylic acids is 1. The number of anilines is 1. The average molecular weight is 392 g/mol. The van der Waals surface area contributed by atoms with Gasteiger partial charge in [0.25, 0.3) is 5.56 Å². The highest BCUT2D eigenvalue weighted by Crippen LogP contribution is 2.24. The number of hydrogen-bond acceptors (Lipinski definition) is 4. The van der Waals surface area contributed by atoms with Crippen molar-refractivity contribution in [2.45, 2.75) is 19.9 Å². The lowest BCUT2D eigenvalue weighted by Gasteiger charge is -2.12. The fourth-order valence-electron chi connectivity index (χ4n) is 2.89. The van der Waals surface area contributed by atoms with Gasteiger partial charge in [-0.15, -0.1) is 0 Å². The van der Waals surface area contributed by atoms with Crippen LogP contribution in [0.1, 0.15) is 12.0 Å². The topological polar surface area (TPSA) is 85.2 Å². The molecule has 1 aromatic heterocycles. The molecule has 29 heavy (non-hydrogen) atoms. The highest BCUT2D eigenvalue weighted by Gasteiger charge is 2.08. The molecule has 0 unspecified atom stereocenters. The maximum Gasteiger partial charge on any atom is 0.319 e. The molecule has 0 fully saturated rings. The minimum absolute atomic E-state index is 0.168. The number of nitrogens with one attached hydrogen (secondary N) is 2. The zero-order valence-electron chi connectivity index (χ0n) is 16.5. The van der Waals surface area contributed by atoms with Gasteiger partial charge in [0.1, 0.15) is 5.75 Å². The van der Waals surface area contributed by atoms with Crippen LogP contribution >= 0.6 is 0 Å². The summed E-state index contributed by atoms with van der Waals surface area (Å²) < 4.78 is 6.68. The van der Waals surface area contributed by atoms with Gasteiger partial charge in [0.05, 0.1) is 18.5 Å². The number of aryl methyl sites for hydroxylation is 2. The summed E-state index contributed by atoms with van der Waals surface area (Å²) in [6.45, 7) is 2.76. The first-order chi connectivity index (χ1) is 14.1. The second-order valence-corrected chi connectivity index (χ2v) is 6.58. The summed E-state index contributed by atoms with van der Waals surface area (Å²) in [4.78, 5) is 24.2. The number of methoxy groups -OCH3 is 1. The highest BCUT2D eigenvalue weighted by atomic mass is 16.5. The smallest absolute Gasteiger partial charge is 0.319 e. The molecule has 0 spiro atoms. The normalized spacial score (nSPS) is 10.4. The van der Waals surface area contributed by atoms with Crippen LogP contribution in [0.3, 0.4) is 0 Å². The zero-order valence-corrected chi connectivity index (χ0v) is 16.5. The molecule has 0 bridgehead atoms. The summed E-state index contributed by atoms with van der Waals surface area (Å²) >= 11 is 0. The van der Waals surface area contributed by atoms with Gasteiger partial charge in [-0.05, 0) is 37.1 Å². The SMILES string of the molecule is COc1ccc(C)cc1NC(=O)NCCCn1nc(-c2ccccc2)ccc1=O. The number of aromatic nitrogens is 2. The number of benzene rings is 2. The third-order valence-electron chi connectivity index (χ3n) is 4.37. The first-order valence-corrected chi connectivity index (χ1v) is 9.40. The largest absolute Gasteiger partial charge is 0.495 e. The van der Waals surface area contributed by atoms with Crippen molar-refractivity contribution in [2.24, 2.45) is 0 Å². The number of urea groups is 1. The molecule has 7 heteroatoms. The van der Waals surface area contributed by atoms with Gasteiger partial charge in [0, 0.05) is 24.7 Å². The molecule has 0 saturated heterocycles. The summed E-state index contributed by atoms with van der Waals surface area (Å²) in [5, 5.41) is 9.99.